The maximum Gasteiger partial charge on any atom is 0.254 e. The van der Waals surface area contributed by atoms with Crippen LogP contribution in [0, 0.1) is 24.4 Å². The van der Waals surface area contributed by atoms with E-state index in [-0.39, 0.29) is 11.5 Å². The van der Waals surface area contributed by atoms with E-state index in [2.05, 4.69) is 10.3 Å². The van der Waals surface area contributed by atoms with Crippen LogP contribution < -0.4 is 10.9 Å². The summed E-state index contributed by atoms with van der Waals surface area (Å²) in [5.74, 6) is -2.68. The SMILES string of the molecule is Cc1cc(=O)n(CC(=O)Nc2ccc(F)cc2F)c(-c2ccc(F)cc2)n1. The molecular weight excluding hydrogens is 359 g/mol. The molecule has 8 heteroatoms. The predicted molar refractivity (Wildman–Crippen MR) is 93.6 cm³/mol. The van der Waals surface area contributed by atoms with Crippen molar-refractivity contribution in [1.82, 2.24) is 9.55 Å². The van der Waals surface area contributed by atoms with Crippen LogP contribution in [0.3, 0.4) is 0 Å². The summed E-state index contributed by atoms with van der Waals surface area (Å²) in [7, 11) is 0. The Kier molecular flexibility index (Phi) is 5.07. The lowest BCUT2D eigenvalue weighted by molar-refractivity contribution is -0.116. The number of nitrogens with zero attached hydrogens (tertiary/aromatic N) is 2. The standard InChI is InChI=1S/C19H14F3N3O2/c1-11-8-18(27)25(19(23-11)12-2-4-13(20)5-3-12)10-17(26)24-16-7-6-14(21)9-15(16)22/h2-9H,10H2,1H3,(H,24,26). The molecule has 5 nitrogen and oxygen atoms in total. The fourth-order valence-corrected chi connectivity index (χ4v) is 2.52. The molecule has 2 aromatic carbocycles. The lowest BCUT2D eigenvalue weighted by Gasteiger charge is -2.13. The summed E-state index contributed by atoms with van der Waals surface area (Å²) in [5.41, 5.74) is 0.174. The third-order valence-electron chi connectivity index (χ3n) is 3.75. The van der Waals surface area contributed by atoms with Crippen LogP contribution in [0.2, 0.25) is 0 Å². The molecule has 138 valence electrons. The maximum absolute atomic E-state index is 13.7. The first-order chi connectivity index (χ1) is 12.8. The summed E-state index contributed by atoms with van der Waals surface area (Å²) >= 11 is 0. The molecule has 1 heterocycles. The van der Waals surface area contributed by atoms with Gasteiger partial charge in [-0.3, -0.25) is 14.2 Å². The van der Waals surface area contributed by atoms with Crippen LogP contribution in [0.1, 0.15) is 5.69 Å². The molecule has 0 atom stereocenters. The Morgan fingerprint density at radius 2 is 1.70 bits per heavy atom. The Labute approximate surface area is 152 Å². The van der Waals surface area contributed by atoms with Crippen LogP contribution in [0.4, 0.5) is 18.9 Å². The number of rotatable bonds is 4. The molecule has 0 saturated heterocycles. The highest BCUT2D eigenvalue weighted by Gasteiger charge is 2.15. The van der Waals surface area contributed by atoms with Gasteiger partial charge >= 0.3 is 0 Å². The number of nitrogens with one attached hydrogen (secondary N) is 1. The van der Waals surface area contributed by atoms with E-state index < -0.39 is 35.5 Å². The number of aromatic nitrogens is 2. The minimum Gasteiger partial charge on any atom is -0.322 e. The van der Waals surface area contributed by atoms with Gasteiger partial charge in [0.1, 0.15) is 29.8 Å². The van der Waals surface area contributed by atoms with E-state index in [1.165, 1.54) is 30.3 Å². The highest BCUT2D eigenvalue weighted by Crippen LogP contribution is 2.18. The van der Waals surface area contributed by atoms with Crippen molar-refractivity contribution in [1.29, 1.82) is 0 Å². The molecule has 0 radical (unpaired) electrons. The van der Waals surface area contributed by atoms with Gasteiger partial charge in [0, 0.05) is 23.4 Å². The van der Waals surface area contributed by atoms with Gasteiger partial charge in [0.05, 0.1) is 5.69 Å². The number of benzene rings is 2. The molecule has 1 N–H and O–H groups in total. The Bertz CT molecular complexity index is 1060. The van der Waals surface area contributed by atoms with E-state index in [9.17, 15) is 22.8 Å². The van der Waals surface area contributed by atoms with Crippen molar-refractivity contribution >= 4 is 11.6 Å². The van der Waals surface area contributed by atoms with Gasteiger partial charge in [0.2, 0.25) is 5.91 Å². The van der Waals surface area contributed by atoms with E-state index >= 15 is 0 Å². The predicted octanol–water partition coefficient (Wildman–Crippen LogP) is 3.27. The minimum atomic E-state index is -0.934. The molecule has 3 aromatic rings. The third-order valence-corrected chi connectivity index (χ3v) is 3.75. The number of hydrogen-bond acceptors (Lipinski definition) is 3. The maximum atomic E-state index is 13.7. The monoisotopic (exact) mass is 373 g/mol. The van der Waals surface area contributed by atoms with Gasteiger partial charge in [0.15, 0.2) is 0 Å². The average molecular weight is 373 g/mol. The van der Waals surface area contributed by atoms with Gasteiger partial charge < -0.3 is 5.32 Å². The molecule has 0 fully saturated rings. The summed E-state index contributed by atoms with van der Waals surface area (Å²) in [6.07, 6.45) is 0. The van der Waals surface area contributed by atoms with Crippen LogP contribution in [-0.2, 0) is 11.3 Å². The van der Waals surface area contributed by atoms with Crippen molar-refractivity contribution in [2.24, 2.45) is 0 Å². The Morgan fingerprint density at radius 1 is 1.04 bits per heavy atom. The molecule has 0 unspecified atom stereocenters. The fourth-order valence-electron chi connectivity index (χ4n) is 2.52. The van der Waals surface area contributed by atoms with Crippen LogP contribution in [0.15, 0.2) is 53.3 Å². The first-order valence-corrected chi connectivity index (χ1v) is 7.93. The van der Waals surface area contributed by atoms with Crippen molar-refractivity contribution in [3.05, 3.63) is 82.0 Å². The molecule has 1 aromatic heterocycles. The largest absolute Gasteiger partial charge is 0.322 e. The zero-order chi connectivity index (χ0) is 19.6. The second-order valence-corrected chi connectivity index (χ2v) is 5.82. The molecule has 1 amide bonds. The van der Waals surface area contributed by atoms with E-state index in [1.807, 2.05) is 0 Å². The first kappa shape index (κ1) is 18.4. The highest BCUT2D eigenvalue weighted by molar-refractivity contribution is 5.90. The van der Waals surface area contributed by atoms with E-state index in [1.54, 1.807) is 6.92 Å². The first-order valence-electron chi connectivity index (χ1n) is 7.93. The highest BCUT2D eigenvalue weighted by atomic mass is 19.1. The van der Waals surface area contributed by atoms with Crippen LogP contribution in [-0.4, -0.2) is 15.5 Å². The smallest absolute Gasteiger partial charge is 0.254 e. The number of aryl methyl sites for hydroxylation is 1. The summed E-state index contributed by atoms with van der Waals surface area (Å²) < 4.78 is 40.9. The summed E-state index contributed by atoms with van der Waals surface area (Å²) in [4.78, 5) is 28.9. The lowest BCUT2D eigenvalue weighted by atomic mass is 10.2. The summed E-state index contributed by atoms with van der Waals surface area (Å²) in [6, 6.07) is 9.26. The van der Waals surface area contributed by atoms with Crippen molar-refractivity contribution in [3.8, 4) is 11.4 Å². The molecule has 27 heavy (non-hydrogen) atoms. The van der Waals surface area contributed by atoms with Crippen molar-refractivity contribution in [2.75, 3.05) is 5.32 Å². The third kappa shape index (κ3) is 4.22. The summed E-state index contributed by atoms with van der Waals surface area (Å²) in [5, 5.41) is 2.29. The topological polar surface area (TPSA) is 64.0 Å². The second-order valence-electron chi connectivity index (χ2n) is 5.82. The molecule has 0 saturated carbocycles. The molecule has 0 aliphatic heterocycles. The number of anilines is 1. The van der Waals surface area contributed by atoms with E-state index in [4.69, 9.17) is 0 Å². The molecule has 0 bridgehead atoms. The van der Waals surface area contributed by atoms with E-state index in [0.717, 1.165) is 16.7 Å². The summed E-state index contributed by atoms with van der Waals surface area (Å²) in [6.45, 7) is 1.17. The zero-order valence-corrected chi connectivity index (χ0v) is 14.2. The van der Waals surface area contributed by atoms with Crippen molar-refractivity contribution in [3.63, 3.8) is 0 Å². The van der Waals surface area contributed by atoms with Gasteiger partial charge in [-0.25, -0.2) is 18.2 Å². The molecule has 0 aliphatic carbocycles. The second kappa shape index (κ2) is 7.45. The van der Waals surface area contributed by atoms with Gasteiger partial charge in [-0.05, 0) is 43.3 Å². The van der Waals surface area contributed by atoms with E-state index in [0.29, 0.717) is 17.3 Å². The van der Waals surface area contributed by atoms with Crippen molar-refractivity contribution < 1.29 is 18.0 Å². The number of hydrogen-bond donors (Lipinski definition) is 1. The van der Waals surface area contributed by atoms with Crippen molar-refractivity contribution in [2.45, 2.75) is 13.5 Å². The van der Waals surface area contributed by atoms with Gasteiger partial charge in [-0.2, -0.15) is 0 Å². The Hall–Kier alpha value is -3.42. The lowest BCUT2D eigenvalue weighted by Crippen LogP contribution is -2.29. The Morgan fingerprint density at radius 3 is 2.37 bits per heavy atom. The Balaban J connectivity index is 1.93. The van der Waals surface area contributed by atoms with Gasteiger partial charge in [-0.15, -0.1) is 0 Å². The average Bonchev–Trinajstić information content (AvgIpc) is 2.60. The molecule has 3 rings (SSSR count). The minimum absolute atomic E-state index is 0.176. The number of carbonyl (C=O) groups is 1. The van der Waals surface area contributed by atoms with Crippen LogP contribution in [0.5, 0.6) is 0 Å². The van der Waals surface area contributed by atoms with Crippen LogP contribution >= 0.6 is 0 Å². The normalized spacial score (nSPS) is 10.7. The molecule has 0 aliphatic rings. The molecular formula is C19H14F3N3O2. The van der Waals surface area contributed by atoms with Gasteiger partial charge in [-0.1, -0.05) is 0 Å². The number of carbonyl (C=O) groups excluding carboxylic acids is 1. The quantitative estimate of drug-likeness (QED) is 0.763. The van der Waals surface area contributed by atoms with Crippen LogP contribution in [0.25, 0.3) is 11.4 Å². The van der Waals surface area contributed by atoms with Gasteiger partial charge in [0.25, 0.3) is 5.56 Å². The molecule has 0 spiro atoms. The number of amides is 1. The zero-order valence-electron chi connectivity index (χ0n) is 14.2. The fraction of sp³-hybridized carbons (Fsp3) is 0.105. The number of halogens is 3.